The maximum Gasteiger partial charge on any atom is 0.309 e. The Balaban J connectivity index is 2.15. The molecule has 5 nitrogen and oxygen atoms in total. The fraction of sp³-hybridized carbons (Fsp3) is 0.231. The molecule has 5 heteroatoms. The van der Waals surface area contributed by atoms with Gasteiger partial charge >= 0.3 is 5.97 Å². The van der Waals surface area contributed by atoms with Crippen molar-refractivity contribution >= 4 is 5.97 Å². The van der Waals surface area contributed by atoms with Crippen molar-refractivity contribution in [3.8, 4) is 11.4 Å². The largest absolute Gasteiger partial charge is 0.494 e. The number of carboxylic acids is 1. The number of hydrogen-bond acceptors (Lipinski definition) is 3. The molecule has 0 aliphatic carbocycles. The molecule has 0 amide bonds. The van der Waals surface area contributed by atoms with Crippen LogP contribution >= 0.6 is 0 Å². The average molecular weight is 246 g/mol. The van der Waals surface area contributed by atoms with Gasteiger partial charge in [-0.3, -0.25) is 4.79 Å². The molecule has 0 bridgehead atoms. The molecule has 0 radical (unpaired) electrons. The highest BCUT2D eigenvalue weighted by molar-refractivity contribution is 5.69. The van der Waals surface area contributed by atoms with Gasteiger partial charge in [0.15, 0.2) is 0 Å². The van der Waals surface area contributed by atoms with Crippen LogP contribution in [0.5, 0.6) is 5.75 Å². The van der Waals surface area contributed by atoms with Crippen molar-refractivity contribution in [1.29, 1.82) is 0 Å². The molecule has 1 aromatic heterocycles. The maximum atomic E-state index is 10.6. The van der Waals surface area contributed by atoms with Gasteiger partial charge in [-0.2, -0.15) is 0 Å². The summed E-state index contributed by atoms with van der Waals surface area (Å²) < 4.78 is 7.14. The van der Waals surface area contributed by atoms with Gasteiger partial charge in [0, 0.05) is 11.9 Å². The van der Waals surface area contributed by atoms with E-state index in [1.165, 1.54) is 0 Å². The molecule has 2 rings (SSSR count). The first-order valence-corrected chi connectivity index (χ1v) is 5.67. The van der Waals surface area contributed by atoms with E-state index in [0.29, 0.717) is 12.3 Å². The Kier molecular flexibility index (Phi) is 3.62. The highest BCUT2D eigenvalue weighted by Crippen LogP contribution is 2.15. The van der Waals surface area contributed by atoms with Crippen LogP contribution < -0.4 is 4.74 Å². The number of benzene rings is 1. The summed E-state index contributed by atoms with van der Waals surface area (Å²) in [4.78, 5) is 14.6. The predicted molar refractivity (Wildman–Crippen MR) is 66.1 cm³/mol. The smallest absolute Gasteiger partial charge is 0.309 e. The fourth-order valence-corrected chi connectivity index (χ4v) is 1.63. The number of imidazole rings is 1. The molecule has 2 aromatic rings. The minimum Gasteiger partial charge on any atom is -0.494 e. The summed E-state index contributed by atoms with van der Waals surface area (Å²) in [6.45, 7) is 2.56. The molecule has 1 N–H and O–H groups in total. The summed E-state index contributed by atoms with van der Waals surface area (Å²) in [5, 5.41) is 8.68. The fourth-order valence-electron chi connectivity index (χ4n) is 1.63. The van der Waals surface area contributed by atoms with E-state index in [1.54, 1.807) is 17.1 Å². The van der Waals surface area contributed by atoms with Crippen LogP contribution in [0, 0.1) is 0 Å². The van der Waals surface area contributed by atoms with Crippen LogP contribution in [0.25, 0.3) is 5.69 Å². The van der Waals surface area contributed by atoms with Gasteiger partial charge in [-0.25, -0.2) is 4.98 Å². The van der Waals surface area contributed by atoms with Crippen LogP contribution in [0.2, 0.25) is 0 Å². The number of carbonyl (C=O) groups is 1. The van der Waals surface area contributed by atoms with Crippen molar-refractivity contribution in [2.75, 3.05) is 6.61 Å². The quantitative estimate of drug-likeness (QED) is 0.875. The number of aromatic nitrogens is 2. The number of rotatable bonds is 5. The molecule has 0 saturated carbocycles. The van der Waals surface area contributed by atoms with Gasteiger partial charge in [0.1, 0.15) is 5.75 Å². The molecule has 94 valence electrons. The first-order valence-electron chi connectivity index (χ1n) is 5.67. The third kappa shape index (κ3) is 2.88. The zero-order valence-electron chi connectivity index (χ0n) is 10.0. The lowest BCUT2D eigenvalue weighted by atomic mass is 10.3. The Bertz CT molecular complexity index is 531. The van der Waals surface area contributed by atoms with Crippen molar-refractivity contribution in [2.45, 2.75) is 13.3 Å². The van der Waals surface area contributed by atoms with Crippen LogP contribution in [-0.2, 0) is 11.2 Å². The van der Waals surface area contributed by atoms with Crippen molar-refractivity contribution in [2.24, 2.45) is 0 Å². The lowest BCUT2D eigenvalue weighted by molar-refractivity contribution is -0.136. The molecule has 0 fully saturated rings. The van der Waals surface area contributed by atoms with Gasteiger partial charge in [0.05, 0.1) is 25.0 Å². The highest BCUT2D eigenvalue weighted by atomic mass is 16.5. The van der Waals surface area contributed by atoms with Crippen LogP contribution in [0.3, 0.4) is 0 Å². The maximum absolute atomic E-state index is 10.6. The Morgan fingerprint density at radius 3 is 2.72 bits per heavy atom. The van der Waals surface area contributed by atoms with Gasteiger partial charge in [0.25, 0.3) is 0 Å². The SMILES string of the molecule is CCOc1ccc(-n2cnc(CC(=O)O)c2)cc1. The van der Waals surface area contributed by atoms with E-state index in [9.17, 15) is 4.79 Å². The van der Waals surface area contributed by atoms with Crippen LogP contribution in [-0.4, -0.2) is 27.2 Å². The first-order chi connectivity index (χ1) is 8.69. The van der Waals surface area contributed by atoms with Gasteiger partial charge in [0.2, 0.25) is 0 Å². The Labute approximate surface area is 105 Å². The monoisotopic (exact) mass is 246 g/mol. The summed E-state index contributed by atoms with van der Waals surface area (Å²) in [6, 6.07) is 7.54. The lowest BCUT2D eigenvalue weighted by Crippen LogP contribution is -1.99. The second-order valence-corrected chi connectivity index (χ2v) is 3.77. The number of aliphatic carboxylic acids is 1. The number of ether oxygens (including phenoxy) is 1. The molecule has 0 spiro atoms. The molecule has 1 heterocycles. The highest BCUT2D eigenvalue weighted by Gasteiger charge is 2.05. The molecular weight excluding hydrogens is 232 g/mol. The molecule has 0 saturated heterocycles. The van der Waals surface area contributed by atoms with E-state index in [2.05, 4.69) is 4.98 Å². The summed E-state index contributed by atoms with van der Waals surface area (Å²) in [5.74, 6) is -0.0703. The van der Waals surface area contributed by atoms with E-state index in [-0.39, 0.29) is 6.42 Å². The topological polar surface area (TPSA) is 64.4 Å². The Morgan fingerprint density at radius 2 is 2.11 bits per heavy atom. The van der Waals surface area contributed by atoms with Crippen LogP contribution in [0.15, 0.2) is 36.8 Å². The number of hydrogen-bond donors (Lipinski definition) is 1. The van der Waals surface area contributed by atoms with Crippen molar-refractivity contribution in [3.05, 3.63) is 42.5 Å². The molecule has 1 aromatic carbocycles. The summed E-state index contributed by atoms with van der Waals surface area (Å²) in [5.41, 5.74) is 1.46. The van der Waals surface area contributed by atoms with Crippen molar-refractivity contribution in [1.82, 2.24) is 9.55 Å². The Hall–Kier alpha value is -2.30. The molecule has 0 unspecified atom stereocenters. The summed E-state index contributed by atoms with van der Waals surface area (Å²) >= 11 is 0. The predicted octanol–water partition coefficient (Wildman–Crippen LogP) is 1.90. The molecule has 0 aliphatic rings. The van der Waals surface area contributed by atoms with E-state index in [4.69, 9.17) is 9.84 Å². The van der Waals surface area contributed by atoms with Gasteiger partial charge in [-0.1, -0.05) is 0 Å². The average Bonchev–Trinajstić information content (AvgIpc) is 2.78. The van der Waals surface area contributed by atoms with E-state index >= 15 is 0 Å². The third-order valence-electron chi connectivity index (χ3n) is 2.41. The van der Waals surface area contributed by atoms with Gasteiger partial charge in [-0.15, -0.1) is 0 Å². The Morgan fingerprint density at radius 1 is 1.39 bits per heavy atom. The second kappa shape index (κ2) is 5.35. The zero-order valence-corrected chi connectivity index (χ0v) is 10.0. The minimum absolute atomic E-state index is 0.0654. The van der Waals surface area contributed by atoms with E-state index in [1.807, 2.05) is 31.2 Å². The van der Waals surface area contributed by atoms with Crippen molar-refractivity contribution < 1.29 is 14.6 Å². The second-order valence-electron chi connectivity index (χ2n) is 3.77. The van der Waals surface area contributed by atoms with E-state index < -0.39 is 5.97 Å². The van der Waals surface area contributed by atoms with Crippen LogP contribution in [0.4, 0.5) is 0 Å². The first kappa shape index (κ1) is 12.2. The molecule has 0 aliphatic heterocycles. The number of nitrogens with zero attached hydrogens (tertiary/aromatic N) is 2. The van der Waals surface area contributed by atoms with Crippen LogP contribution in [0.1, 0.15) is 12.6 Å². The zero-order chi connectivity index (χ0) is 13.0. The lowest BCUT2D eigenvalue weighted by Gasteiger charge is -2.05. The normalized spacial score (nSPS) is 10.3. The standard InChI is InChI=1S/C13H14N2O3/c1-2-18-12-5-3-11(4-6-12)15-8-10(14-9-15)7-13(16)17/h3-6,8-9H,2,7H2,1H3,(H,16,17). The van der Waals surface area contributed by atoms with Gasteiger partial charge in [-0.05, 0) is 31.2 Å². The van der Waals surface area contributed by atoms with Crippen molar-refractivity contribution in [3.63, 3.8) is 0 Å². The van der Waals surface area contributed by atoms with Gasteiger partial charge < -0.3 is 14.4 Å². The molecule has 18 heavy (non-hydrogen) atoms. The number of carboxylic acid groups (broad SMARTS) is 1. The summed E-state index contributed by atoms with van der Waals surface area (Å²) in [6.07, 6.45) is 3.25. The molecule has 0 atom stereocenters. The van der Waals surface area contributed by atoms with E-state index in [0.717, 1.165) is 11.4 Å². The summed E-state index contributed by atoms with van der Waals surface area (Å²) in [7, 11) is 0. The third-order valence-corrected chi connectivity index (χ3v) is 2.41. The minimum atomic E-state index is -0.882. The molecular formula is C13H14N2O3.